The van der Waals surface area contributed by atoms with Gasteiger partial charge in [-0.25, -0.2) is 4.79 Å². The molecule has 0 saturated carbocycles. The number of aromatic hydroxyl groups is 1. The minimum absolute atomic E-state index is 0.0551. The van der Waals surface area contributed by atoms with Crippen LogP contribution in [-0.4, -0.2) is 11.1 Å². The minimum Gasteiger partial charge on any atom is -0.508 e. The molecule has 3 aromatic carbocycles. The van der Waals surface area contributed by atoms with Crippen molar-refractivity contribution in [2.24, 2.45) is 7.05 Å². The van der Waals surface area contributed by atoms with Crippen LogP contribution in [0.2, 0.25) is 0 Å². The van der Waals surface area contributed by atoms with E-state index in [1.807, 2.05) is 55.6 Å². The Kier molecular flexibility index (Phi) is 3.58. The summed E-state index contributed by atoms with van der Waals surface area (Å²) in [6, 6.07) is 21.7. The minimum atomic E-state index is -0.446. The second kappa shape index (κ2) is 5.91. The summed E-state index contributed by atoms with van der Waals surface area (Å²) in [5.41, 5.74) is 2.42. The number of esters is 1. The molecule has 1 heterocycles. The predicted octanol–water partition coefficient (Wildman–Crippen LogP) is 3.74. The van der Waals surface area contributed by atoms with Gasteiger partial charge in [0, 0.05) is 18.2 Å². The fourth-order valence-electron chi connectivity index (χ4n) is 3.15. The van der Waals surface area contributed by atoms with Gasteiger partial charge in [0.25, 0.3) is 0 Å². The highest BCUT2D eigenvalue weighted by atomic mass is 16.5. The standard InChI is InChI=1S/C21H15NO3/c1-22-18-11-4-2-9-16(18)20(17-10-3-5-12-19(17)22)21(24)25-15-8-6-7-14(23)13-15/h2-13H,1H3/p+1. The van der Waals surface area contributed by atoms with E-state index in [2.05, 4.69) is 4.57 Å². The number of phenolic OH excluding ortho intramolecular Hbond substituents is 1. The number of phenols is 1. The molecule has 0 radical (unpaired) electrons. The first-order chi connectivity index (χ1) is 12.1. The number of carbonyl (C=O) groups excluding carboxylic acids is 1. The van der Waals surface area contributed by atoms with E-state index in [1.165, 1.54) is 12.1 Å². The van der Waals surface area contributed by atoms with Gasteiger partial charge in [-0.05, 0) is 24.3 Å². The van der Waals surface area contributed by atoms with Crippen molar-refractivity contribution in [3.8, 4) is 11.5 Å². The van der Waals surface area contributed by atoms with Gasteiger partial charge in [-0.15, -0.1) is 0 Å². The number of ether oxygens (including phenoxy) is 1. The third-order valence-electron chi connectivity index (χ3n) is 4.30. The normalized spacial score (nSPS) is 10.9. The first-order valence-corrected chi connectivity index (χ1v) is 7.96. The number of hydrogen-bond acceptors (Lipinski definition) is 3. The zero-order chi connectivity index (χ0) is 17.4. The summed E-state index contributed by atoms with van der Waals surface area (Å²) in [6.07, 6.45) is 0. The van der Waals surface area contributed by atoms with E-state index < -0.39 is 5.97 Å². The Labute approximate surface area is 144 Å². The summed E-state index contributed by atoms with van der Waals surface area (Å²) in [7, 11) is 1.98. The molecule has 0 atom stereocenters. The molecular weight excluding hydrogens is 314 g/mol. The Bertz CT molecular complexity index is 1060. The number of pyridine rings is 1. The van der Waals surface area contributed by atoms with Crippen LogP contribution in [0.4, 0.5) is 0 Å². The zero-order valence-corrected chi connectivity index (χ0v) is 13.6. The maximum absolute atomic E-state index is 13.0. The molecule has 122 valence electrons. The van der Waals surface area contributed by atoms with E-state index in [-0.39, 0.29) is 5.75 Å². The number of nitrogens with zero attached hydrogens (tertiary/aromatic N) is 1. The van der Waals surface area contributed by atoms with Crippen molar-refractivity contribution in [1.82, 2.24) is 0 Å². The van der Waals surface area contributed by atoms with Crippen molar-refractivity contribution in [1.29, 1.82) is 0 Å². The molecular formula is C21H16NO3+. The summed E-state index contributed by atoms with van der Waals surface area (Å²) >= 11 is 0. The number of aromatic nitrogens is 1. The smallest absolute Gasteiger partial charge is 0.345 e. The SMILES string of the molecule is C[n+]1c2ccccc2c(C(=O)Oc2cccc(O)c2)c2ccccc21. The van der Waals surface area contributed by atoms with Crippen LogP contribution in [-0.2, 0) is 7.05 Å². The summed E-state index contributed by atoms with van der Waals surface area (Å²) < 4.78 is 7.59. The summed E-state index contributed by atoms with van der Waals surface area (Å²) in [4.78, 5) is 13.0. The topological polar surface area (TPSA) is 50.4 Å². The number of rotatable bonds is 2. The van der Waals surface area contributed by atoms with Gasteiger partial charge >= 0.3 is 5.97 Å². The van der Waals surface area contributed by atoms with Crippen LogP contribution in [0, 0.1) is 0 Å². The quantitative estimate of drug-likeness (QED) is 0.264. The highest BCUT2D eigenvalue weighted by molar-refractivity contribution is 6.13. The van der Waals surface area contributed by atoms with Crippen LogP contribution in [0.25, 0.3) is 21.8 Å². The number of aryl methyl sites for hydroxylation is 1. The fourth-order valence-corrected chi connectivity index (χ4v) is 3.15. The molecule has 0 fully saturated rings. The van der Waals surface area contributed by atoms with Gasteiger partial charge in [0.05, 0.1) is 16.3 Å². The van der Waals surface area contributed by atoms with Crippen molar-refractivity contribution in [3.05, 3.63) is 78.4 Å². The lowest BCUT2D eigenvalue weighted by Crippen LogP contribution is -2.31. The average molecular weight is 330 g/mol. The summed E-state index contributed by atoms with van der Waals surface area (Å²) in [5, 5.41) is 11.2. The molecule has 0 aliphatic rings. The van der Waals surface area contributed by atoms with E-state index in [4.69, 9.17) is 4.74 Å². The fraction of sp³-hybridized carbons (Fsp3) is 0.0476. The molecule has 0 spiro atoms. The molecule has 4 nitrogen and oxygen atoms in total. The maximum Gasteiger partial charge on any atom is 0.345 e. The van der Waals surface area contributed by atoms with Gasteiger partial charge < -0.3 is 9.84 Å². The molecule has 0 amide bonds. The van der Waals surface area contributed by atoms with Crippen molar-refractivity contribution in [2.45, 2.75) is 0 Å². The van der Waals surface area contributed by atoms with Crippen LogP contribution in [0.5, 0.6) is 11.5 Å². The monoisotopic (exact) mass is 330 g/mol. The zero-order valence-electron chi connectivity index (χ0n) is 13.6. The molecule has 0 aliphatic heterocycles. The molecule has 0 aliphatic carbocycles. The molecule has 4 heteroatoms. The highest BCUT2D eigenvalue weighted by Crippen LogP contribution is 2.27. The van der Waals surface area contributed by atoms with E-state index in [9.17, 15) is 9.90 Å². The van der Waals surface area contributed by atoms with Crippen LogP contribution >= 0.6 is 0 Å². The van der Waals surface area contributed by atoms with E-state index >= 15 is 0 Å². The Morgan fingerprint density at radius 1 is 0.880 bits per heavy atom. The van der Waals surface area contributed by atoms with Gasteiger partial charge in [0.1, 0.15) is 18.5 Å². The first-order valence-electron chi connectivity index (χ1n) is 7.96. The molecule has 0 bridgehead atoms. The number of fused-ring (bicyclic) bond motifs is 2. The second-order valence-electron chi connectivity index (χ2n) is 5.86. The Hall–Kier alpha value is -3.40. The largest absolute Gasteiger partial charge is 0.508 e. The number of hydrogen-bond donors (Lipinski definition) is 1. The van der Waals surface area contributed by atoms with E-state index in [1.54, 1.807) is 12.1 Å². The van der Waals surface area contributed by atoms with E-state index in [0.29, 0.717) is 11.3 Å². The molecule has 4 rings (SSSR count). The molecule has 1 aromatic heterocycles. The Balaban J connectivity index is 1.95. The number of benzene rings is 3. The van der Waals surface area contributed by atoms with E-state index in [0.717, 1.165) is 21.8 Å². The van der Waals surface area contributed by atoms with Gasteiger partial charge in [0.2, 0.25) is 11.0 Å². The third kappa shape index (κ3) is 2.58. The van der Waals surface area contributed by atoms with Gasteiger partial charge in [-0.2, -0.15) is 4.57 Å². The lowest BCUT2D eigenvalue weighted by Gasteiger charge is -2.10. The van der Waals surface area contributed by atoms with Crippen molar-refractivity contribution in [2.75, 3.05) is 0 Å². The Morgan fingerprint density at radius 3 is 2.08 bits per heavy atom. The van der Waals surface area contributed by atoms with Gasteiger partial charge in [-0.3, -0.25) is 0 Å². The molecule has 4 aromatic rings. The van der Waals surface area contributed by atoms with Crippen LogP contribution in [0.15, 0.2) is 72.8 Å². The van der Waals surface area contributed by atoms with Crippen molar-refractivity contribution in [3.63, 3.8) is 0 Å². The summed E-state index contributed by atoms with van der Waals surface area (Å²) in [5.74, 6) is -0.0792. The predicted molar refractivity (Wildman–Crippen MR) is 95.7 cm³/mol. The molecule has 1 N–H and O–H groups in total. The number of para-hydroxylation sites is 2. The third-order valence-corrected chi connectivity index (χ3v) is 4.30. The molecule has 0 unspecified atom stereocenters. The van der Waals surface area contributed by atoms with Crippen molar-refractivity contribution >= 4 is 27.8 Å². The number of carbonyl (C=O) groups is 1. The summed E-state index contributed by atoms with van der Waals surface area (Å²) in [6.45, 7) is 0. The van der Waals surface area contributed by atoms with Crippen LogP contribution < -0.4 is 9.30 Å². The van der Waals surface area contributed by atoms with Crippen LogP contribution in [0.3, 0.4) is 0 Å². The first kappa shape index (κ1) is 15.1. The van der Waals surface area contributed by atoms with Gasteiger partial charge in [0.15, 0.2) is 0 Å². The van der Waals surface area contributed by atoms with Crippen molar-refractivity contribution < 1.29 is 19.2 Å². The lowest BCUT2D eigenvalue weighted by molar-refractivity contribution is -0.617. The molecule has 25 heavy (non-hydrogen) atoms. The maximum atomic E-state index is 13.0. The van der Waals surface area contributed by atoms with Gasteiger partial charge in [-0.1, -0.05) is 30.3 Å². The highest BCUT2D eigenvalue weighted by Gasteiger charge is 2.23. The molecule has 0 saturated heterocycles. The van der Waals surface area contributed by atoms with Crippen LogP contribution in [0.1, 0.15) is 10.4 Å². The Morgan fingerprint density at radius 2 is 1.48 bits per heavy atom. The second-order valence-corrected chi connectivity index (χ2v) is 5.86. The lowest BCUT2D eigenvalue weighted by atomic mass is 10.0. The average Bonchev–Trinajstić information content (AvgIpc) is 2.62.